The second kappa shape index (κ2) is 5.16. The van der Waals surface area contributed by atoms with Crippen molar-refractivity contribution in [1.82, 2.24) is 0 Å². The van der Waals surface area contributed by atoms with Crippen LogP contribution in [0, 0.1) is 0 Å². The first kappa shape index (κ1) is 12.5. The summed E-state index contributed by atoms with van der Waals surface area (Å²) in [7, 11) is 2.82. The number of carbonyl (C=O) groups excluding carboxylic acids is 1. The molecule has 0 amide bonds. The summed E-state index contributed by atoms with van der Waals surface area (Å²) in [4.78, 5) is 13.7. The molecule has 1 aliphatic heterocycles. The number of nitrogens with zero attached hydrogens (tertiary/aromatic N) is 1. The summed E-state index contributed by atoms with van der Waals surface area (Å²) in [6.07, 6.45) is 2.18. The van der Waals surface area contributed by atoms with Crippen molar-refractivity contribution in [2.24, 2.45) is 0 Å². The lowest BCUT2D eigenvalue weighted by atomic mass is 10.1. The largest absolute Gasteiger partial charge is 0.505 e. The van der Waals surface area contributed by atoms with Gasteiger partial charge in [0.2, 0.25) is 0 Å². The number of benzene rings is 1. The molecule has 1 fully saturated rings. The predicted molar refractivity (Wildman–Crippen MR) is 67.4 cm³/mol. The van der Waals surface area contributed by atoms with Gasteiger partial charge in [0, 0.05) is 19.2 Å². The van der Waals surface area contributed by atoms with Crippen LogP contribution in [-0.2, 0) is 4.74 Å². The minimum atomic E-state index is -0.563. The molecule has 0 unspecified atom stereocenters. The SMILES string of the molecule is COC(=O)c1cc(OC)cc(N2CCCC2)c1O. The Bertz CT molecular complexity index is 453. The number of rotatable bonds is 3. The zero-order valence-electron chi connectivity index (χ0n) is 10.6. The second-order valence-corrected chi connectivity index (χ2v) is 4.23. The topological polar surface area (TPSA) is 59.0 Å². The third-order valence-electron chi connectivity index (χ3n) is 3.15. The monoisotopic (exact) mass is 251 g/mol. The van der Waals surface area contributed by atoms with E-state index >= 15 is 0 Å². The third kappa shape index (κ3) is 2.20. The minimum Gasteiger partial charge on any atom is -0.505 e. The molecule has 98 valence electrons. The Balaban J connectivity index is 2.47. The van der Waals surface area contributed by atoms with Crippen LogP contribution in [0.15, 0.2) is 12.1 Å². The third-order valence-corrected chi connectivity index (χ3v) is 3.15. The normalized spacial score (nSPS) is 14.7. The second-order valence-electron chi connectivity index (χ2n) is 4.23. The molecular formula is C13H17NO4. The Hall–Kier alpha value is -1.91. The first-order valence-electron chi connectivity index (χ1n) is 5.91. The molecule has 1 heterocycles. The Morgan fingerprint density at radius 1 is 1.28 bits per heavy atom. The first-order valence-corrected chi connectivity index (χ1v) is 5.91. The Kier molecular flexibility index (Phi) is 3.60. The number of anilines is 1. The zero-order valence-corrected chi connectivity index (χ0v) is 10.6. The number of hydrogen-bond donors (Lipinski definition) is 1. The fourth-order valence-electron chi connectivity index (χ4n) is 2.18. The summed E-state index contributed by atoms with van der Waals surface area (Å²) < 4.78 is 9.82. The average Bonchev–Trinajstić information content (AvgIpc) is 2.92. The van der Waals surface area contributed by atoms with Crippen LogP contribution < -0.4 is 9.64 Å². The average molecular weight is 251 g/mol. The number of esters is 1. The number of aromatic hydroxyl groups is 1. The van der Waals surface area contributed by atoms with E-state index in [-0.39, 0.29) is 11.3 Å². The summed E-state index contributed by atoms with van der Waals surface area (Å²) in [5.74, 6) is -0.0634. The standard InChI is InChI=1S/C13H17NO4/c1-17-9-7-10(13(16)18-2)12(15)11(8-9)14-5-3-4-6-14/h7-8,15H,3-6H2,1-2H3. The van der Waals surface area contributed by atoms with Crippen molar-refractivity contribution < 1.29 is 19.4 Å². The molecule has 2 rings (SSSR count). The number of carbonyl (C=O) groups is 1. The number of phenols is 1. The molecule has 0 atom stereocenters. The fourth-order valence-corrected chi connectivity index (χ4v) is 2.18. The summed E-state index contributed by atoms with van der Waals surface area (Å²) in [5, 5.41) is 10.2. The van der Waals surface area contributed by atoms with E-state index in [0.717, 1.165) is 25.9 Å². The smallest absolute Gasteiger partial charge is 0.341 e. The molecule has 1 aromatic rings. The van der Waals surface area contributed by atoms with Gasteiger partial charge < -0.3 is 19.5 Å². The Labute approximate surface area is 106 Å². The van der Waals surface area contributed by atoms with Gasteiger partial charge in [-0.3, -0.25) is 0 Å². The molecule has 0 bridgehead atoms. The van der Waals surface area contributed by atoms with Gasteiger partial charge in [0.05, 0.1) is 19.9 Å². The molecule has 5 heteroatoms. The van der Waals surface area contributed by atoms with Crippen LogP contribution in [-0.4, -0.2) is 38.4 Å². The van der Waals surface area contributed by atoms with Crippen molar-refractivity contribution in [3.63, 3.8) is 0 Å². The molecule has 1 aliphatic rings. The maximum atomic E-state index is 11.6. The van der Waals surface area contributed by atoms with Gasteiger partial charge in [-0.2, -0.15) is 0 Å². The van der Waals surface area contributed by atoms with Crippen molar-refractivity contribution >= 4 is 11.7 Å². The minimum absolute atomic E-state index is 0.0375. The summed E-state index contributed by atoms with van der Waals surface area (Å²) >= 11 is 0. The van der Waals surface area contributed by atoms with E-state index in [4.69, 9.17) is 4.74 Å². The molecule has 0 aliphatic carbocycles. The Morgan fingerprint density at radius 2 is 1.94 bits per heavy atom. The van der Waals surface area contributed by atoms with Crippen LogP contribution in [0.4, 0.5) is 5.69 Å². The van der Waals surface area contributed by atoms with Gasteiger partial charge in [0.15, 0.2) is 5.75 Å². The highest BCUT2D eigenvalue weighted by Crippen LogP contribution is 2.37. The van der Waals surface area contributed by atoms with Gasteiger partial charge in [0.1, 0.15) is 11.3 Å². The highest BCUT2D eigenvalue weighted by molar-refractivity contribution is 5.95. The van der Waals surface area contributed by atoms with Gasteiger partial charge in [-0.25, -0.2) is 4.79 Å². The van der Waals surface area contributed by atoms with E-state index in [2.05, 4.69) is 4.74 Å². The van der Waals surface area contributed by atoms with E-state index in [9.17, 15) is 9.90 Å². The molecule has 5 nitrogen and oxygen atoms in total. The van der Waals surface area contributed by atoms with Crippen LogP contribution in [0.3, 0.4) is 0 Å². The molecule has 0 spiro atoms. The van der Waals surface area contributed by atoms with Gasteiger partial charge in [-0.05, 0) is 18.9 Å². The molecule has 1 N–H and O–H groups in total. The van der Waals surface area contributed by atoms with Crippen LogP contribution in [0.25, 0.3) is 0 Å². The molecule has 1 aromatic carbocycles. The lowest BCUT2D eigenvalue weighted by Crippen LogP contribution is -2.18. The molecular weight excluding hydrogens is 234 g/mol. The molecule has 0 aromatic heterocycles. The maximum Gasteiger partial charge on any atom is 0.341 e. The van der Waals surface area contributed by atoms with E-state index in [1.54, 1.807) is 6.07 Å². The summed E-state index contributed by atoms with van der Waals surface area (Å²) in [6, 6.07) is 3.23. The Morgan fingerprint density at radius 3 is 2.50 bits per heavy atom. The van der Waals surface area contributed by atoms with E-state index in [1.807, 2.05) is 4.90 Å². The zero-order chi connectivity index (χ0) is 13.1. The summed E-state index contributed by atoms with van der Waals surface area (Å²) in [5.41, 5.74) is 0.769. The van der Waals surface area contributed by atoms with Crippen molar-refractivity contribution in [2.45, 2.75) is 12.8 Å². The number of hydrogen-bond acceptors (Lipinski definition) is 5. The number of methoxy groups -OCH3 is 2. The van der Waals surface area contributed by atoms with Crippen LogP contribution in [0.5, 0.6) is 11.5 Å². The highest BCUT2D eigenvalue weighted by Gasteiger charge is 2.22. The number of ether oxygens (including phenoxy) is 2. The molecule has 0 saturated carbocycles. The quantitative estimate of drug-likeness (QED) is 0.830. The van der Waals surface area contributed by atoms with Crippen molar-refractivity contribution in [2.75, 3.05) is 32.2 Å². The van der Waals surface area contributed by atoms with Gasteiger partial charge in [-0.15, -0.1) is 0 Å². The van der Waals surface area contributed by atoms with Crippen LogP contribution in [0.2, 0.25) is 0 Å². The van der Waals surface area contributed by atoms with Crippen molar-refractivity contribution in [3.05, 3.63) is 17.7 Å². The maximum absolute atomic E-state index is 11.6. The van der Waals surface area contributed by atoms with E-state index in [0.29, 0.717) is 11.4 Å². The van der Waals surface area contributed by atoms with Gasteiger partial charge in [-0.1, -0.05) is 0 Å². The first-order chi connectivity index (χ1) is 8.67. The van der Waals surface area contributed by atoms with Crippen molar-refractivity contribution in [3.8, 4) is 11.5 Å². The summed E-state index contributed by atoms with van der Waals surface area (Å²) in [6.45, 7) is 1.75. The lowest BCUT2D eigenvalue weighted by molar-refractivity contribution is 0.0597. The lowest BCUT2D eigenvalue weighted by Gasteiger charge is -2.21. The van der Waals surface area contributed by atoms with E-state index in [1.165, 1.54) is 20.3 Å². The van der Waals surface area contributed by atoms with Crippen LogP contribution >= 0.6 is 0 Å². The van der Waals surface area contributed by atoms with Crippen LogP contribution in [0.1, 0.15) is 23.2 Å². The number of phenolic OH excluding ortho intramolecular Hbond substituents is 1. The highest BCUT2D eigenvalue weighted by atomic mass is 16.5. The fraction of sp³-hybridized carbons (Fsp3) is 0.462. The van der Waals surface area contributed by atoms with Gasteiger partial charge in [0.25, 0.3) is 0 Å². The predicted octanol–water partition coefficient (Wildman–Crippen LogP) is 1.79. The molecule has 0 radical (unpaired) electrons. The molecule has 18 heavy (non-hydrogen) atoms. The molecule has 1 saturated heterocycles. The van der Waals surface area contributed by atoms with Gasteiger partial charge >= 0.3 is 5.97 Å². The van der Waals surface area contributed by atoms with E-state index < -0.39 is 5.97 Å². The van der Waals surface area contributed by atoms with Crippen molar-refractivity contribution in [1.29, 1.82) is 0 Å².